The van der Waals surface area contributed by atoms with Crippen LogP contribution in [0.4, 0.5) is 0 Å². The van der Waals surface area contributed by atoms with Gasteiger partial charge in [-0.15, -0.1) is 0 Å². The van der Waals surface area contributed by atoms with E-state index < -0.39 is 10.0 Å². The van der Waals surface area contributed by atoms with Gasteiger partial charge in [-0.3, -0.25) is 0 Å². The minimum atomic E-state index is -3.41. The van der Waals surface area contributed by atoms with Crippen molar-refractivity contribution in [2.75, 3.05) is 6.54 Å². The Morgan fingerprint density at radius 1 is 1.30 bits per heavy atom. The first kappa shape index (κ1) is 15.5. The minimum Gasteiger partial charge on any atom is -0.326 e. The van der Waals surface area contributed by atoms with E-state index in [4.69, 9.17) is 5.73 Å². The van der Waals surface area contributed by atoms with Gasteiger partial charge >= 0.3 is 0 Å². The number of rotatable bonds is 6. The molecule has 1 aliphatic rings. The number of benzene rings is 1. The summed E-state index contributed by atoms with van der Waals surface area (Å²) in [5.41, 5.74) is 7.53. The molecule has 4 nitrogen and oxygen atoms in total. The molecule has 0 radical (unpaired) electrons. The zero-order valence-corrected chi connectivity index (χ0v) is 12.9. The van der Waals surface area contributed by atoms with E-state index in [-0.39, 0.29) is 0 Å². The fourth-order valence-electron chi connectivity index (χ4n) is 2.81. The van der Waals surface area contributed by atoms with Crippen LogP contribution >= 0.6 is 0 Å². The third kappa shape index (κ3) is 3.81. The van der Waals surface area contributed by atoms with E-state index in [0.29, 0.717) is 23.9 Å². The van der Waals surface area contributed by atoms with Gasteiger partial charge < -0.3 is 5.73 Å². The van der Waals surface area contributed by atoms with Gasteiger partial charge in [0.15, 0.2) is 0 Å². The van der Waals surface area contributed by atoms with Crippen molar-refractivity contribution >= 4 is 10.0 Å². The molecule has 112 valence electrons. The van der Waals surface area contributed by atoms with E-state index in [1.807, 2.05) is 13.0 Å². The van der Waals surface area contributed by atoms with E-state index in [1.165, 1.54) is 25.7 Å². The molecule has 0 spiro atoms. The second-order valence-corrected chi connectivity index (χ2v) is 7.40. The van der Waals surface area contributed by atoms with Crippen LogP contribution in [0.2, 0.25) is 0 Å². The van der Waals surface area contributed by atoms with Crippen molar-refractivity contribution < 1.29 is 8.42 Å². The highest BCUT2D eigenvalue weighted by Crippen LogP contribution is 2.27. The molecule has 0 amide bonds. The van der Waals surface area contributed by atoms with Crippen molar-refractivity contribution in [3.63, 3.8) is 0 Å². The molecule has 3 N–H and O–H groups in total. The zero-order valence-electron chi connectivity index (χ0n) is 12.1. The van der Waals surface area contributed by atoms with E-state index >= 15 is 0 Å². The van der Waals surface area contributed by atoms with Crippen LogP contribution in [0.15, 0.2) is 23.1 Å². The number of nitrogens with one attached hydrogen (secondary N) is 1. The van der Waals surface area contributed by atoms with Crippen LogP contribution in [0.1, 0.15) is 43.2 Å². The maximum Gasteiger partial charge on any atom is 0.240 e. The lowest BCUT2D eigenvalue weighted by atomic mass is 10.1. The summed E-state index contributed by atoms with van der Waals surface area (Å²) in [5, 5.41) is 0. The predicted octanol–water partition coefficient (Wildman–Crippen LogP) is 2.31. The number of hydrogen-bond acceptors (Lipinski definition) is 3. The van der Waals surface area contributed by atoms with Gasteiger partial charge in [0.2, 0.25) is 10.0 Å². The van der Waals surface area contributed by atoms with Crippen LogP contribution < -0.4 is 10.5 Å². The molecule has 1 aromatic carbocycles. The fourth-order valence-corrected chi connectivity index (χ4v) is 3.91. The zero-order chi connectivity index (χ0) is 14.6. The summed E-state index contributed by atoms with van der Waals surface area (Å²) in [7, 11) is -3.41. The van der Waals surface area contributed by atoms with Gasteiger partial charge in [0.25, 0.3) is 0 Å². The van der Waals surface area contributed by atoms with Crippen molar-refractivity contribution in [3.05, 3.63) is 29.3 Å². The molecule has 0 aromatic heterocycles. The third-order valence-electron chi connectivity index (χ3n) is 4.17. The Morgan fingerprint density at radius 3 is 2.65 bits per heavy atom. The first-order chi connectivity index (χ1) is 9.53. The van der Waals surface area contributed by atoms with Crippen molar-refractivity contribution in [3.8, 4) is 0 Å². The standard InChI is InChI=1S/C15H24N2O2S/c1-12-6-7-15(10-14(12)11-16)20(18,19)17-9-8-13-4-2-3-5-13/h6-7,10,13,17H,2-5,8-9,11,16H2,1H3. The molecule has 1 fully saturated rings. The molecule has 0 unspecified atom stereocenters. The Bertz CT molecular complexity index is 549. The molecule has 2 rings (SSSR count). The normalized spacial score (nSPS) is 16.7. The Kier molecular flexibility index (Phi) is 5.18. The Hall–Kier alpha value is -0.910. The summed E-state index contributed by atoms with van der Waals surface area (Å²) < 4.78 is 27.2. The number of aryl methyl sites for hydroxylation is 1. The first-order valence-electron chi connectivity index (χ1n) is 7.32. The topological polar surface area (TPSA) is 72.2 Å². The molecule has 1 saturated carbocycles. The second-order valence-electron chi connectivity index (χ2n) is 5.63. The number of sulfonamides is 1. The lowest BCUT2D eigenvalue weighted by molar-refractivity contribution is 0.495. The molecule has 20 heavy (non-hydrogen) atoms. The van der Waals surface area contributed by atoms with Gasteiger partial charge in [0.05, 0.1) is 4.90 Å². The summed E-state index contributed by atoms with van der Waals surface area (Å²) in [6, 6.07) is 5.13. The highest BCUT2D eigenvalue weighted by Gasteiger charge is 2.18. The molecule has 0 aliphatic heterocycles. The first-order valence-corrected chi connectivity index (χ1v) is 8.80. The van der Waals surface area contributed by atoms with Gasteiger partial charge in [-0.1, -0.05) is 31.7 Å². The van der Waals surface area contributed by atoms with Gasteiger partial charge in [-0.2, -0.15) is 0 Å². The third-order valence-corrected chi connectivity index (χ3v) is 5.63. The van der Waals surface area contributed by atoms with Gasteiger partial charge in [-0.05, 0) is 42.5 Å². The lowest BCUT2D eigenvalue weighted by Crippen LogP contribution is -2.26. The quantitative estimate of drug-likeness (QED) is 0.846. The maximum absolute atomic E-state index is 12.2. The summed E-state index contributed by atoms with van der Waals surface area (Å²) >= 11 is 0. The summed E-state index contributed by atoms with van der Waals surface area (Å²) in [6.07, 6.45) is 5.99. The Morgan fingerprint density at radius 2 is 2.00 bits per heavy atom. The second kappa shape index (κ2) is 6.70. The van der Waals surface area contributed by atoms with Crippen LogP contribution in [0.25, 0.3) is 0 Å². The molecule has 1 aliphatic carbocycles. The van der Waals surface area contributed by atoms with Crippen LogP contribution in [-0.4, -0.2) is 15.0 Å². The SMILES string of the molecule is Cc1ccc(S(=O)(=O)NCCC2CCCC2)cc1CN. The monoisotopic (exact) mass is 296 g/mol. The van der Waals surface area contributed by atoms with E-state index in [2.05, 4.69) is 4.72 Å². The Labute approximate surface area is 121 Å². The van der Waals surface area contributed by atoms with Crippen molar-refractivity contribution in [1.29, 1.82) is 0 Å². The molecule has 0 bridgehead atoms. The molecule has 0 saturated heterocycles. The highest BCUT2D eigenvalue weighted by molar-refractivity contribution is 7.89. The van der Waals surface area contributed by atoms with E-state index in [9.17, 15) is 8.42 Å². The highest BCUT2D eigenvalue weighted by atomic mass is 32.2. The van der Waals surface area contributed by atoms with Crippen molar-refractivity contribution in [2.24, 2.45) is 11.7 Å². The maximum atomic E-state index is 12.2. The smallest absolute Gasteiger partial charge is 0.240 e. The van der Waals surface area contributed by atoms with Gasteiger partial charge in [0, 0.05) is 13.1 Å². The van der Waals surface area contributed by atoms with E-state index in [0.717, 1.165) is 17.5 Å². The molecule has 0 atom stereocenters. The van der Waals surface area contributed by atoms with Gasteiger partial charge in [-0.25, -0.2) is 13.1 Å². The van der Waals surface area contributed by atoms with E-state index in [1.54, 1.807) is 12.1 Å². The van der Waals surface area contributed by atoms with Crippen LogP contribution in [-0.2, 0) is 16.6 Å². The summed E-state index contributed by atoms with van der Waals surface area (Å²) in [5.74, 6) is 0.690. The number of nitrogens with two attached hydrogens (primary N) is 1. The van der Waals surface area contributed by atoms with Crippen LogP contribution in [0.3, 0.4) is 0 Å². The largest absolute Gasteiger partial charge is 0.326 e. The van der Waals surface area contributed by atoms with Crippen LogP contribution in [0, 0.1) is 12.8 Å². The Balaban J connectivity index is 1.98. The minimum absolute atomic E-state index is 0.315. The summed E-state index contributed by atoms with van der Waals surface area (Å²) in [4.78, 5) is 0.315. The van der Waals surface area contributed by atoms with Gasteiger partial charge in [0.1, 0.15) is 0 Å². The predicted molar refractivity (Wildman–Crippen MR) is 80.8 cm³/mol. The molecule has 1 aromatic rings. The van der Waals surface area contributed by atoms with Crippen molar-refractivity contribution in [2.45, 2.75) is 50.5 Å². The van der Waals surface area contributed by atoms with Crippen molar-refractivity contribution in [1.82, 2.24) is 4.72 Å². The fraction of sp³-hybridized carbons (Fsp3) is 0.600. The van der Waals surface area contributed by atoms with Crippen LogP contribution in [0.5, 0.6) is 0 Å². The molecule has 5 heteroatoms. The average Bonchev–Trinajstić information content (AvgIpc) is 2.92. The summed E-state index contributed by atoms with van der Waals surface area (Å²) in [6.45, 7) is 2.82. The molecular formula is C15H24N2O2S. The number of hydrogen-bond donors (Lipinski definition) is 2. The molecule has 0 heterocycles. The lowest BCUT2D eigenvalue weighted by Gasteiger charge is -2.12. The molecular weight excluding hydrogens is 272 g/mol. The average molecular weight is 296 g/mol.